The second-order valence-electron chi connectivity index (χ2n) is 5.85. The van der Waals surface area contributed by atoms with Gasteiger partial charge in [0.1, 0.15) is 11.6 Å². The minimum atomic E-state index is -0.444. The third-order valence-corrected chi connectivity index (χ3v) is 4.02. The molecule has 1 amide bonds. The van der Waals surface area contributed by atoms with E-state index in [9.17, 15) is 10.1 Å². The molecule has 2 N–H and O–H groups in total. The Morgan fingerprint density at radius 3 is 2.48 bits per heavy atom. The van der Waals surface area contributed by atoms with Crippen LogP contribution in [0, 0.1) is 11.3 Å². The Labute approximate surface area is 159 Å². The Morgan fingerprint density at radius 1 is 1.15 bits per heavy atom. The maximum absolute atomic E-state index is 12.4. The molecule has 27 heavy (non-hydrogen) atoms. The predicted octanol–water partition coefficient (Wildman–Crippen LogP) is 3.08. The zero-order valence-corrected chi connectivity index (χ0v) is 15.7. The minimum Gasteiger partial charge on any atom is -0.493 e. The zero-order chi connectivity index (χ0) is 19.6. The second-order valence-corrected chi connectivity index (χ2v) is 5.85. The van der Waals surface area contributed by atoms with Gasteiger partial charge in [0.25, 0.3) is 5.91 Å². The van der Waals surface area contributed by atoms with Gasteiger partial charge >= 0.3 is 0 Å². The topological polar surface area (TPSA) is 83.4 Å². The van der Waals surface area contributed by atoms with Crippen LogP contribution in [0.5, 0.6) is 11.5 Å². The molecule has 0 spiro atoms. The van der Waals surface area contributed by atoms with Gasteiger partial charge in [-0.25, -0.2) is 0 Å². The van der Waals surface area contributed by atoms with E-state index in [1.807, 2.05) is 49.4 Å². The van der Waals surface area contributed by atoms with E-state index in [1.165, 1.54) is 6.20 Å². The smallest absolute Gasteiger partial charge is 0.263 e. The van der Waals surface area contributed by atoms with E-state index in [2.05, 4.69) is 10.6 Å². The fraction of sp³-hybridized carbons (Fsp3) is 0.238. The van der Waals surface area contributed by atoms with Crippen molar-refractivity contribution in [3.05, 3.63) is 71.4 Å². The molecule has 1 atom stereocenters. The number of carbonyl (C=O) groups excluding carboxylic acids is 1. The third kappa shape index (κ3) is 5.51. The van der Waals surface area contributed by atoms with Crippen molar-refractivity contribution in [3.8, 4) is 17.6 Å². The molecule has 6 nitrogen and oxygen atoms in total. The van der Waals surface area contributed by atoms with Gasteiger partial charge in [-0.2, -0.15) is 5.26 Å². The predicted molar refractivity (Wildman–Crippen MR) is 103 cm³/mol. The average molecular weight is 365 g/mol. The van der Waals surface area contributed by atoms with Crippen molar-refractivity contribution in [3.63, 3.8) is 0 Å². The molecular formula is C21H23N3O3. The van der Waals surface area contributed by atoms with E-state index >= 15 is 0 Å². The van der Waals surface area contributed by atoms with Gasteiger partial charge in [0.15, 0.2) is 11.5 Å². The van der Waals surface area contributed by atoms with E-state index < -0.39 is 5.91 Å². The Hall–Kier alpha value is -3.46. The number of nitriles is 1. The molecule has 2 aromatic carbocycles. The highest BCUT2D eigenvalue weighted by molar-refractivity contribution is 5.97. The summed E-state index contributed by atoms with van der Waals surface area (Å²) < 4.78 is 10.5. The van der Waals surface area contributed by atoms with Crippen LogP contribution in [0.3, 0.4) is 0 Å². The van der Waals surface area contributed by atoms with Crippen LogP contribution in [-0.4, -0.2) is 20.1 Å². The molecule has 0 saturated heterocycles. The van der Waals surface area contributed by atoms with Crippen molar-refractivity contribution >= 4 is 5.91 Å². The largest absolute Gasteiger partial charge is 0.493 e. The Kier molecular flexibility index (Phi) is 7.26. The molecule has 0 fully saturated rings. The van der Waals surface area contributed by atoms with Crippen LogP contribution in [0.4, 0.5) is 0 Å². The summed E-state index contributed by atoms with van der Waals surface area (Å²) in [6.07, 6.45) is 1.43. The zero-order valence-electron chi connectivity index (χ0n) is 15.7. The summed E-state index contributed by atoms with van der Waals surface area (Å²) in [7, 11) is 3.12. The van der Waals surface area contributed by atoms with Gasteiger partial charge in [0.05, 0.1) is 20.3 Å². The summed E-state index contributed by atoms with van der Waals surface area (Å²) in [5.41, 5.74) is 1.92. The van der Waals surface area contributed by atoms with Crippen molar-refractivity contribution < 1.29 is 14.3 Å². The fourth-order valence-electron chi connectivity index (χ4n) is 2.50. The van der Waals surface area contributed by atoms with Gasteiger partial charge in [-0.05, 0) is 30.2 Å². The van der Waals surface area contributed by atoms with Crippen molar-refractivity contribution in [1.29, 1.82) is 5.26 Å². The summed E-state index contributed by atoms with van der Waals surface area (Å²) in [4.78, 5) is 12.4. The molecule has 1 unspecified atom stereocenters. The summed E-state index contributed by atoms with van der Waals surface area (Å²) in [5, 5.41) is 15.1. The minimum absolute atomic E-state index is 0.0123. The number of nitrogens with one attached hydrogen (secondary N) is 2. The summed E-state index contributed by atoms with van der Waals surface area (Å²) in [6, 6.07) is 16.8. The van der Waals surface area contributed by atoms with Gasteiger partial charge in [-0.15, -0.1) is 0 Å². The van der Waals surface area contributed by atoms with Gasteiger partial charge in [0.2, 0.25) is 0 Å². The van der Waals surface area contributed by atoms with Gasteiger partial charge in [-0.3, -0.25) is 4.79 Å². The summed E-state index contributed by atoms with van der Waals surface area (Å²) in [5.74, 6) is 0.750. The Bertz CT molecular complexity index is 841. The van der Waals surface area contributed by atoms with Crippen LogP contribution in [0.25, 0.3) is 0 Å². The van der Waals surface area contributed by atoms with E-state index in [1.54, 1.807) is 26.4 Å². The van der Waals surface area contributed by atoms with Crippen molar-refractivity contribution in [1.82, 2.24) is 10.6 Å². The molecule has 0 aliphatic carbocycles. The SMILES string of the molecule is COc1ccc(C(C)NC(=O)/C(C#N)=C\NCc2ccccc2)cc1OC. The fourth-order valence-corrected chi connectivity index (χ4v) is 2.50. The standard InChI is InChI=1S/C21H23N3O3/c1-15(17-9-10-19(26-2)20(11-17)27-3)24-21(25)18(12-22)14-23-13-16-7-5-4-6-8-16/h4-11,14-15,23H,13H2,1-3H3,(H,24,25)/b18-14-. The highest BCUT2D eigenvalue weighted by Crippen LogP contribution is 2.29. The molecule has 0 aromatic heterocycles. The van der Waals surface area contributed by atoms with Crippen molar-refractivity contribution in [2.24, 2.45) is 0 Å². The van der Waals surface area contributed by atoms with Crippen LogP contribution in [0.15, 0.2) is 60.3 Å². The normalized spacial score (nSPS) is 11.9. The molecule has 0 saturated carbocycles. The molecule has 0 aliphatic rings. The first kappa shape index (κ1) is 19.9. The number of nitrogens with zero attached hydrogens (tertiary/aromatic N) is 1. The monoisotopic (exact) mass is 365 g/mol. The van der Waals surface area contributed by atoms with Crippen LogP contribution in [-0.2, 0) is 11.3 Å². The van der Waals surface area contributed by atoms with Gasteiger partial charge in [-0.1, -0.05) is 36.4 Å². The van der Waals surface area contributed by atoms with Gasteiger partial charge in [0, 0.05) is 12.7 Å². The number of methoxy groups -OCH3 is 2. The maximum Gasteiger partial charge on any atom is 0.263 e. The number of hydrogen-bond donors (Lipinski definition) is 2. The van der Waals surface area contributed by atoms with Crippen LogP contribution in [0.1, 0.15) is 24.1 Å². The molecule has 0 radical (unpaired) electrons. The number of carbonyl (C=O) groups is 1. The van der Waals surface area contributed by atoms with E-state index in [0.717, 1.165) is 11.1 Å². The first-order chi connectivity index (χ1) is 13.1. The highest BCUT2D eigenvalue weighted by atomic mass is 16.5. The lowest BCUT2D eigenvalue weighted by molar-refractivity contribution is -0.117. The molecular weight excluding hydrogens is 342 g/mol. The van der Waals surface area contributed by atoms with Crippen LogP contribution in [0.2, 0.25) is 0 Å². The number of amides is 1. The number of hydrogen-bond acceptors (Lipinski definition) is 5. The Balaban J connectivity index is 2.01. The van der Waals surface area contributed by atoms with Crippen LogP contribution < -0.4 is 20.1 Å². The van der Waals surface area contributed by atoms with Crippen LogP contribution >= 0.6 is 0 Å². The molecule has 0 heterocycles. The quantitative estimate of drug-likeness (QED) is 0.555. The second kappa shape index (κ2) is 9.88. The number of benzene rings is 2. The first-order valence-corrected chi connectivity index (χ1v) is 8.49. The van der Waals surface area contributed by atoms with Crippen molar-refractivity contribution in [2.75, 3.05) is 14.2 Å². The molecule has 2 aromatic rings. The van der Waals surface area contributed by atoms with Gasteiger partial charge < -0.3 is 20.1 Å². The average Bonchev–Trinajstić information content (AvgIpc) is 2.71. The van der Waals surface area contributed by atoms with Crippen molar-refractivity contribution in [2.45, 2.75) is 19.5 Å². The summed E-state index contributed by atoms with van der Waals surface area (Å²) in [6.45, 7) is 2.37. The van der Waals surface area contributed by atoms with E-state index in [-0.39, 0.29) is 11.6 Å². The van der Waals surface area contributed by atoms with E-state index in [4.69, 9.17) is 9.47 Å². The van der Waals surface area contributed by atoms with E-state index in [0.29, 0.717) is 18.0 Å². The third-order valence-electron chi connectivity index (χ3n) is 4.02. The Morgan fingerprint density at radius 2 is 1.85 bits per heavy atom. The first-order valence-electron chi connectivity index (χ1n) is 8.49. The summed E-state index contributed by atoms with van der Waals surface area (Å²) >= 11 is 0. The lowest BCUT2D eigenvalue weighted by Gasteiger charge is -2.16. The number of ether oxygens (including phenoxy) is 2. The number of rotatable bonds is 8. The maximum atomic E-state index is 12.4. The molecule has 0 aliphatic heterocycles. The highest BCUT2D eigenvalue weighted by Gasteiger charge is 2.15. The molecule has 0 bridgehead atoms. The molecule has 2 rings (SSSR count). The lowest BCUT2D eigenvalue weighted by Crippen LogP contribution is -2.28. The lowest BCUT2D eigenvalue weighted by atomic mass is 10.1. The molecule has 6 heteroatoms. The molecule has 140 valence electrons.